The van der Waals surface area contributed by atoms with Gasteiger partial charge >= 0.3 is 0 Å². The Morgan fingerprint density at radius 3 is 2.55 bits per heavy atom. The first-order valence-corrected chi connectivity index (χ1v) is 17.6. The van der Waals surface area contributed by atoms with Crippen molar-refractivity contribution in [3.05, 3.63) is 88.2 Å². The Morgan fingerprint density at radius 1 is 0.939 bits per heavy atom. The third kappa shape index (κ3) is 6.38. The molecule has 12 heteroatoms. The molecule has 0 spiro atoms. The lowest BCUT2D eigenvalue weighted by Gasteiger charge is -2.27. The maximum atomic E-state index is 14.3. The number of thioether (sulfide) groups is 1. The predicted molar refractivity (Wildman–Crippen MR) is 184 cm³/mol. The largest absolute Gasteiger partial charge is 0.354 e. The van der Waals surface area contributed by atoms with Gasteiger partial charge in [0.25, 0.3) is 17.7 Å². The van der Waals surface area contributed by atoms with Gasteiger partial charge in [-0.15, -0.1) is 11.8 Å². The zero-order chi connectivity index (χ0) is 34.2. The van der Waals surface area contributed by atoms with Crippen molar-refractivity contribution in [2.75, 3.05) is 25.9 Å². The number of hydrogen-bond acceptors (Lipinski definition) is 7. The van der Waals surface area contributed by atoms with Crippen LogP contribution in [0.4, 0.5) is 4.39 Å². The number of hydrogen-bond donors (Lipinski definition) is 3. The highest BCUT2D eigenvalue weighted by atomic mass is 32.2. The second-order valence-corrected chi connectivity index (χ2v) is 14.0. The normalized spacial score (nSPS) is 17.5. The molecule has 0 radical (unpaired) electrons. The molecule has 10 nitrogen and oxygen atoms in total. The van der Waals surface area contributed by atoms with Gasteiger partial charge < -0.3 is 15.2 Å². The van der Waals surface area contributed by atoms with Crippen molar-refractivity contribution in [1.82, 2.24) is 25.4 Å². The van der Waals surface area contributed by atoms with E-state index in [4.69, 9.17) is 0 Å². The Bertz CT molecular complexity index is 2010. The van der Waals surface area contributed by atoms with Crippen LogP contribution in [0.2, 0.25) is 0 Å². The second kappa shape index (κ2) is 13.6. The minimum atomic E-state index is -0.972. The molecular formula is C37H36FN5O5S. The van der Waals surface area contributed by atoms with Crippen molar-refractivity contribution in [1.29, 1.82) is 0 Å². The third-order valence-electron chi connectivity index (χ3n) is 9.44. The average molecular weight is 682 g/mol. The number of unbranched alkanes of at least 4 members (excludes halogenated alkanes) is 2. The Hall–Kier alpha value is -4.81. The van der Waals surface area contributed by atoms with Crippen LogP contribution in [0.15, 0.2) is 59.5 Å². The summed E-state index contributed by atoms with van der Waals surface area (Å²) < 4.78 is 14.3. The van der Waals surface area contributed by atoms with Gasteiger partial charge in [0, 0.05) is 41.0 Å². The number of aromatic nitrogens is 1. The Labute approximate surface area is 286 Å². The SMILES string of the molecule is CN(CCCCCSc1cccc2c1C(=O)N(C1CCC(=O)NC1=O)C2=O)Cc1ccc(-c2[nH]c3cc(F)cc4c3c2CCNC4=O)cc1. The molecule has 7 rings (SSSR count). The van der Waals surface area contributed by atoms with Gasteiger partial charge in [-0.2, -0.15) is 0 Å². The third-order valence-corrected chi connectivity index (χ3v) is 10.6. The molecule has 3 N–H and O–H groups in total. The van der Waals surface area contributed by atoms with Crippen molar-refractivity contribution >= 4 is 52.2 Å². The lowest BCUT2D eigenvalue weighted by Crippen LogP contribution is -2.54. The summed E-state index contributed by atoms with van der Waals surface area (Å²) in [5, 5.41) is 5.89. The number of nitrogens with one attached hydrogen (secondary N) is 3. The quantitative estimate of drug-likeness (QED) is 0.115. The molecule has 3 aliphatic rings. The topological polar surface area (TPSA) is 132 Å². The molecule has 0 saturated carbocycles. The van der Waals surface area contributed by atoms with E-state index >= 15 is 0 Å². The smallest absolute Gasteiger partial charge is 0.263 e. The van der Waals surface area contributed by atoms with E-state index < -0.39 is 35.5 Å². The number of amides is 5. The fourth-order valence-electron chi connectivity index (χ4n) is 7.05. The zero-order valence-corrected chi connectivity index (χ0v) is 27.9. The highest BCUT2D eigenvalue weighted by Crippen LogP contribution is 2.36. The molecule has 0 aliphatic carbocycles. The van der Waals surface area contributed by atoms with Gasteiger partial charge in [0.2, 0.25) is 11.8 Å². The molecule has 0 bridgehead atoms. The molecule has 1 unspecified atom stereocenters. The second-order valence-electron chi connectivity index (χ2n) is 12.8. The van der Waals surface area contributed by atoms with E-state index in [-0.39, 0.29) is 18.7 Å². The van der Waals surface area contributed by atoms with E-state index in [1.807, 2.05) is 6.07 Å². The van der Waals surface area contributed by atoms with Crippen LogP contribution in [0.5, 0.6) is 0 Å². The van der Waals surface area contributed by atoms with Crippen LogP contribution in [0.25, 0.3) is 22.2 Å². The van der Waals surface area contributed by atoms with Crippen LogP contribution in [0.1, 0.15) is 74.3 Å². The highest BCUT2D eigenvalue weighted by molar-refractivity contribution is 7.99. The van der Waals surface area contributed by atoms with E-state index in [2.05, 4.69) is 51.8 Å². The predicted octanol–water partition coefficient (Wildman–Crippen LogP) is 5.06. The van der Waals surface area contributed by atoms with Gasteiger partial charge in [0.1, 0.15) is 11.9 Å². The number of nitrogens with zero attached hydrogens (tertiary/aromatic N) is 2. The van der Waals surface area contributed by atoms with Crippen LogP contribution in [-0.4, -0.2) is 76.3 Å². The van der Waals surface area contributed by atoms with E-state index in [9.17, 15) is 28.4 Å². The summed E-state index contributed by atoms with van der Waals surface area (Å²) in [6, 6.07) is 15.4. The van der Waals surface area contributed by atoms with Gasteiger partial charge in [0.15, 0.2) is 0 Å². The number of piperidine rings is 1. The minimum Gasteiger partial charge on any atom is -0.354 e. The first-order chi connectivity index (χ1) is 23.7. The lowest BCUT2D eigenvalue weighted by atomic mass is 9.99. The number of carbonyl (C=O) groups excluding carboxylic acids is 5. The number of halogens is 1. The van der Waals surface area contributed by atoms with Crippen LogP contribution in [0.3, 0.4) is 0 Å². The molecule has 252 valence electrons. The van der Waals surface area contributed by atoms with Crippen molar-refractivity contribution in [2.45, 2.75) is 56.0 Å². The summed E-state index contributed by atoms with van der Waals surface area (Å²) in [7, 11) is 2.10. The molecule has 3 aromatic carbocycles. The first kappa shape index (κ1) is 32.7. The van der Waals surface area contributed by atoms with Crippen LogP contribution < -0.4 is 10.6 Å². The number of H-pyrrole nitrogens is 1. The maximum Gasteiger partial charge on any atom is 0.263 e. The van der Waals surface area contributed by atoms with Crippen molar-refractivity contribution in [3.63, 3.8) is 0 Å². The molecule has 1 fully saturated rings. The van der Waals surface area contributed by atoms with Crippen molar-refractivity contribution in [3.8, 4) is 11.3 Å². The summed E-state index contributed by atoms with van der Waals surface area (Å²) in [5.41, 5.74) is 5.77. The van der Waals surface area contributed by atoms with Crippen LogP contribution >= 0.6 is 11.8 Å². The number of aromatic amines is 1. The summed E-state index contributed by atoms with van der Waals surface area (Å²) >= 11 is 1.54. The number of imide groups is 2. The van der Waals surface area contributed by atoms with Gasteiger partial charge in [-0.05, 0) is 86.0 Å². The summed E-state index contributed by atoms with van der Waals surface area (Å²) in [6.45, 7) is 2.21. The van der Waals surface area contributed by atoms with Crippen LogP contribution in [0, 0.1) is 5.82 Å². The van der Waals surface area contributed by atoms with E-state index in [1.165, 1.54) is 17.7 Å². The summed E-state index contributed by atoms with van der Waals surface area (Å²) in [4.78, 5) is 70.3. The monoisotopic (exact) mass is 681 g/mol. The molecular weight excluding hydrogens is 646 g/mol. The average Bonchev–Trinajstić information content (AvgIpc) is 3.50. The van der Waals surface area contributed by atoms with Gasteiger partial charge in [-0.1, -0.05) is 36.8 Å². The summed E-state index contributed by atoms with van der Waals surface area (Å²) in [5.74, 6) is -1.87. The molecule has 5 amide bonds. The lowest BCUT2D eigenvalue weighted by molar-refractivity contribution is -0.136. The fourth-order valence-corrected chi connectivity index (χ4v) is 8.14. The molecule has 4 aromatic rings. The molecule has 1 saturated heterocycles. The van der Waals surface area contributed by atoms with E-state index in [0.29, 0.717) is 35.2 Å². The van der Waals surface area contributed by atoms with Crippen molar-refractivity contribution < 1.29 is 28.4 Å². The summed E-state index contributed by atoms with van der Waals surface area (Å²) in [6.07, 6.45) is 3.84. The van der Waals surface area contributed by atoms with Gasteiger partial charge in [0.05, 0.1) is 16.7 Å². The molecule has 1 aromatic heterocycles. The minimum absolute atomic E-state index is 0.0905. The Kier molecular flexibility index (Phi) is 9.08. The van der Waals surface area contributed by atoms with E-state index in [1.54, 1.807) is 23.9 Å². The fraction of sp³-hybridized carbons (Fsp3) is 0.324. The van der Waals surface area contributed by atoms with Gasteiger partial charge in [-0.25, -0.2) is 4.39 Å². The van der Waals surface area contributed by atoms with Crippen LogP contribution in [-0.2, 0) is 22.6 Å². The molecule has 49 heavy (non-hydrogen) atoms. The Balaban J connectivity index is 0.896. The number of fused-ring (bicyclic) bond motifs is 1. The number of carbonyl (C=O) groups is 5. The zero-order valence-electron chi connectivity index (χ0n) is 27.1. The maximum absolute atomic E-state index is 14.3. The molecule has 3 aliphatic heterocycles. The van der Waals surface area contributed by atoms with Crippen molar-refractivity contribution in [2.24, 2.45) is 0 Å². The molecule has 1 atom stereocenters. The number of benzene rings is 3. The standard InChI is InChI=1S/C37H36FN5O5S/c1-42(20-21-8-10-22(11-9-21)33-24-14-15-39-34(45)26-18-23(38)19-27(40-33)31(24)26)16-3-2-4-17-49-29-7-5-6-25-32(29)37(48)43(36(25)47)28-12-13-30(44)41-35(28)46/h5-11,18-19,28,40H,2-4,12-17,20H2,1H3,(H,39,45)(H,41,44,46). The van der Waals surface area contributed by atoms with Gasteiger partial charge in [-0.3, -0.25) is 34.2 Å². The van der Waals surface area contributed by atoms with E-state index in [0.717, 1.165) is 70.1 Å². The number of rotatable bonds is 11. The Morgan fingerprint density at radius 2 is 1.76 bits per heavy atom. The molecule has 4 heterocycles. The first-order valence-electron chi connectivity index (χ1n) is 16.6. The highest BCUT2D eigenvalue weighted by Gasteiger charge is 2.45.